The number of aromatic amines is 1. The molecule has 1 aromatic carbocycles. The highest BCUT2D eigenvalue weighted by Crippen LogP contribution is 2.22. The van der Waals surface area contributed by atoms with E-state index in [9.17, 15) is 13.2 Å². The molecule has 0 radical (unpaired) electrons. The highest BCUT2D eigenvalue weighted by Gasteiger charge is 2.30. The predicted octanol–water partition coefficient (Wildman–Crippen LogP) is 1.17. The fraction of sp³-hybridized carbons (Fsp3) is 0.312. The van der Waals surface area contributed by atoms with Gasteiger partial charge in [0, 0.05) is 38.4 Å². The fourth-order valence-electron chi connectivity index (χ4n) is 2.68. The molecule has 24 heavy (non-hydrogen) atoms. The van der Waals surface area contributed by atoms with Gasteiger partial charge in [-0.3, -0.25) is 4.79 Å². The van der Waals surface area contributed by atoms with Crippen molar-refractivity contribution in [3.05, 3.63) is 48.3 Å². The number of H-pyrrole nitrogens is 1. The molecule has 1 aliphatic rings. The van der Waals surface area contributed by atoms with Crippen LogP contribution < -0.4 is 4.74 Å². The van der Waals surface area contributed by atoms with Crippen LogP contribution in [0.1, 0.15) is 10.5 Å². The minimum Gasteiger partial charge on any atom is -0.497 e. The average molecular weight is 349 g/mol. The zero-order valence-electron chi connectivity index (χ0n) is 13.3. The number of sulfonamides is 1. The lowest BCUT2D eigenvalue weighted by Crippen LogP contribution is -2.50. The van der Waals surface area contributed by atoms with Crippen LogP contribution in [0.5, 0.6) is 5.75 Å². The van der Waals surface area contributed by atoms with Crippen molar-refractivity contribution in [3.8, 4) is 5.75 Å². The minimum atomic E-state index is -3.59. The van der Waals surface area contributed by atoms with Crippen molar-refractivity contribution in [2.45, 2.75) is 4.90 Å². The van der Waals surface area contributed by atoms with Crippen LogP contribution >= 0.6 is 0 Å². The molecule has 3 rings (SSSR count). The summed E-state index contributed by atoms with van der Waals surface area (Å²) in [7, 11) is -2.09. The summed E-state index contributed by atoms with van der Waals surface area (Å²) in [5, 5.41) is 0. The molecular formula is C16H19N3O4S. The topological polar surface area (TPSA) is 82.7 Å². The molecule has 0 bridgehead atoms. The summed E-state index contributed by atoms with van der Waals surface area (Å²) in [4.78, 5) is 17.0. The molecule has 128 valence electrons. The van der Waals surface area contributed by atoms with Crippen LogP contribution in [0.15, 0.2) is 47.5 Å². The van der Waals surface area contributed by atoms with E-state index in [0.717, 1.165) is 0 Å². The fourth-order valence-corrected chi connectivity index (χ4v) is 4.13. The number of amides is 1. The van der Waals surface area contributed by atoms with Crippen LogP contribution in [0.2, 0.25) is 0 Å². The molecule has 1 aromatic heterocycles. The molecule has 0 atom stereocenters. The Bertz CT molecular complexity index is 810. The molecule has 0 unspecified atom stereocenters. The number of nitrogens with one attached hydrogen (secondary N) is 1. The van der Waals surface area contributed by atoms with E-state index in [-0.39, 0.29) is 23.9 Å². The molecule has 1 saturated heterocycles. The lowest BCUT2D eigenvalue weighted by molar-refractivity contribution is 0.0692. The molecule has 2 heterocycles. The first-order valence-electron chi connectivity index (χ1n) is 7.59. The van der Waals surface area contributed by atoms with E-state index in [1.807, 2.05) is 0 Å². The zero-order valence-corrected chi connectivity index (χ0v) is 14.1. The Morgan fingerprint density at radius 1 is 1.12 bits per heavy atom. The van der Waals surface area contributed by atoms with Crippen molar-refractivity contribution in [3.63, 3.8) is 0 Å². The summed E-state index contributed by atoms with van der Waals surface area (Å²) in [5.41, 5.74) is 0.513. The highest BCUT2D eigenvalue weighted by atomic mass is 32.2. The molecule has 1 fully saturated rings. The van der Waals surface area contributed by atoms with Gasteiger partial charge in [0.2, 0.25) is 10.0 Å². The van der Waals surface area contributed by atoms with Gasteiger partial charge in [0.05, 0.1) is 12.0 Å². The maximum atomic E-state index is 12.7. The van der Waals surface area contributed by atoms with Gasteiger partial charge >= 0.3 is 0 Å². The number of piperazine rings is 1. The molecule has 0 spiro atoms. The van der Waals surface area contributed by atoms with Gasteiger partial charge in [0.1, 0.15) is 11.4 Å². The quantitative estimate of drug-likeness (QED) is 0.898. The Morgan fingerprint density at radius 2 is 1.88 bits per heavy atom. The third kappa shape index (κ3) is 3.15. The maximum Gasteiger partial charge on any atom is 0.270 e. The lowest BCUT2D eigenvalue weighted by atomic mass is 10.3. The van der Waals surface area contributed by atoms with Crippen LogP contribution in [0, 0.1) is 0 Å². The highest BCUT2D eigenvalue weighted by molar-refractivity contribution is 7.89. The van der Waals surface area contributed by atoms with Crippen LogP contribution in [0.4, 0.5) is 0 Å². The van der Waals surface area contributed by atoms with Gasteiger partial charge in [-0.2, -0.15) is 4.31 Å². The van der Waals surface area contributed by atoms with Gasteiger partial charge < -0.3 is 14.6 Å². The SMILES string of the molecule is COc1cccc(S(=O)(=O)N2CCN(C(=O)c3ccc[nH]3)CC2)c1. The number of benzene rings is 1. The van der Waals surface area contributed by atoms with Crippen LogP contribution in [-0.2, 0) is 10.0 Å². The van der Waals surface area contributed by atoms with E-state index in [2.05, 4.69) is 4.98 Å². The third-order valence-electron chi connectivity index (χ3n) is 4.03. The summed E-state index contributed by atoms with van der Waals surface area (Å²) < 4.78 is 31.9. The van der Waals surface area contributed by atoms with Crippen LogP contribution in [-0.4, -0.2) is 61.8 Å². The zero-order chi connectivity index (χ0) is 17.2. The van der Waals surface area contributed by atoms with Crippen molar-refractivity contribution in [1.82, 2.24) is 14.2 Å². The van der Waals surface area contributed by atoms with Gasteiger partial charge in [-0.25, -0.2) is 8.42 Å². The summed E-state index contributed by atoms with van der Waals surface area (Å²) >= 11 is 0. The maximum absolute atomic E-state index is 12.7. The van der Waals surface area contributed by atoms with Gasteiger partial charge in [-0.05, 0) is 24.3 Å². The molecule has 1 amide bonds. The van der Waals surface area contributed by atoms with Crippen molar-refractivity contribution >= 4 is 15.9 Å². The van der Waals surface area contributed by atoms with Crippen molar-refractivity contribution in [1.29, 1.82) is 0 Å². The minimum absolute atomic E-state index is 0.113. The number of methoxy groups -OCH3 is 1. The normalized spacial score (nSPS) is 16.1. The van der Waals surface area contributed by atoms with Crippen molar-refractivity contribution < 1.29 is 17.9 Å². The van der Waals surface area contributed by atoms with E-state index in [4.69, 9.17) is 4.74 Å². The number of carbonyl (C=O) groups is 1. The third-order valence-corrected chi connectivity index (χ3v) is 5.93. The van der Waals surface area contributed by atoms with Crippen LogP contribution in [0.25, 0.3) is 0 Å². The van der Waals surface area contributed by atoms with E-state index < -0.39 is 10.0 Å². The Hall–Kier alpha value is -2.32. The number of hydrogen-bond acceptors (Lipinski definition) is 4. The van der Waals surface area contributed by atoms with Gasteiger partial charge in [-0.15, -0.1) is 0 Å². The summed E-state index contributed by atoms with van der Waals surface area (Å²) in [6.45, 7) is 1.26. The van der Waals surface area contributed by atoms with Gasteiger partial charge in [0.25, 0.3) is 5.91 Å². The Morgan fingerprint density at radius 3 is 2.50 bits per heavy atom. The number of hydrogen-bond donors (Lipinski definition) is 1. The standard InChI is InChI=1S/C16H19N3O4S/c1-23-13-4-2-5-14(12-13)24(21,22)19-10-8-18(9-11-19)16(20)15-6-3-7-17-15/h2-7,12,17H,8-11H2,1H3. The van der Waals surface area contributed by atoms with Crippen molar-refractivity contribution in [2.75, 3.05) is 33.3 Å². The van der Waals surface area contributed by atoms with E-state index in [1.165, 1.54) is 17.5 Å². The molecular weight excluding hydrogens is 330 g/mol. The first-order valence-corrected chi connectivity index (χ1v) is 9.03. The second kappa shape index (κ2) is 6.66. The summed E-state index contributed by atoms with van der Waals surface area (Å²) in [6, 6.07) is 9.88. The Kier molecular flexibility index (Phi) is 4.59. The number of rotatable bonds is 4. The smallest absolute Gasteiger partial charge is 0.270 e. The number of nitrogens with zero attached hydrogens (tertiary/aromatic N) is 2. The van der Waals surface area contributed by atoms with Crippen LogP contribution in [0.3, 0.4) is 0 Å². The monoisotopic (exact) mass is 349 g/mol. The van der Waals surface area contributed by atoms with E-state index in [1.54, 1.807) is 41.4 Å². The second-order valence-electron chi connectivity index (χ2n) is 5.46. The summed E-state index contributed by atoms with van der Waals surface area (Å²) in [6.07, 6.45) is 1.69. The Labute approximate surface area is 140 Å². The molecule has 0 aliphatic carbocycles. The Balaban J connectivity index is 1.70. The number of aromatic nitrogens is 1. The average Bonchev–Trinajstić information content (AvgIpc) is 3.16. The van der Waals surface area contributed by atoms with E-state index in [0.29, 0.717) is 24.5 Å². The first kappa shape index (κ1) is 16.5. The second-order valence-corrected chi connectivity index (χ2v) is 7.40. The lowest BCUT2D eigenvalue weighted by Gasteiger charge is -2.33. The molecule has 1 aliphatic heterocycles. The molecule has 2 aromatic rings. The number of ether oxygens (including phenoxy) is 1. The van der Waals surface area contributed by atoms with Crippen molar-refractivity contribution in [2.24, 2.45) is 0 Å². The number of carbonyl (C=O) groups excluding carboxylic acids is 1. The molecule has 1 N–H and O–H groups in total. The van der Waals surface area contributed by atoms with E-state index >= 15 is 0 Å². The van der Waals surface area contributed by atoms with Gasteiger partial charge in [0.15, 0.2) is 0 Å². The molecule has 0 saturated carbocycles. The summed E-state index contributed by atoms with van der Waals surface area (Å²) in [5.74, 6) is 0.384. The molecule has 8 heteroatoms. The first-order chi connectivity index (χ1) is 11.5. The predicted molar refractivity (Wildman–Crippen MR) is 88.4 cm³/mol. The molecule has 7 nitrogen and oxygen atoms in total. The largest absolute Gasteiger partial charge is 0.497 e. The van der Waals surface area contributed by atoms with Gasteiger partial charge in [-0.1, -0.05) is 6.07 Å².